The summed E-state index contributed by atoms with van der Waals surface area (Å²) >= 11 is 12.0. The number of carbonyl (C=O) groups excluding carboxylic acids is 2. The lowest BCUT2D eigenvalue weighted by atomic mass is 10.1. The molecule has 2 rings (SSSR count). The summed E-state index contributed by atoms with van der Waals surface area (Å²) in [4.78, 5) is 24.2. The Hall–Kier alpha value is -2.24. The SMILES string of the molecule is CCc1ccccc1NC(=O)CNC(=O)C(C)Oc1cccc(Cl)c1Cl. The Morgan fingerprint density at radius 3 is 2.58 bits per heavy atom. The van der Waals surface area contributed by atoms with Crippen LogP contribution in [0.1, 0.15) is 19.4 Å². The number of nitrogens with one attached hydrogen (secondary N) is 2. The summed E-state index contributed by atoms with van der Waals surface area (Å²) in [6.07, 6.45) is -0.0321. The van der Waals surface area contributed by atoms with Gasteiger partial charge >= 0.3 is 0 Å². The normalized spacial score (nSPS) is 11.5. The van der Waals surface area contributed by atoms with Crippen LogP contribution in [0.2, 0.25) is 10.0 Å². The first-order valence-corrected chi connectivity index (χ1v) is 8.94. The van der Waals surface area contributed by atoms with Crippen molar-refractivity contribution in [2.45, 2.75) is 26.4 Å². The molecule has 0 aliphatic carbocycles. The van der Waals surface area contributed by atoms with Crippen molar-refractivity contribution in [1.82, 2.24) is 5.32 Å². The van der Waals surface area contributed by atoms with Gasteiger partial charge in [0.1, 0.15) is 10.8 Å². The molecule has 0 radical (unpaired) electrons. The number of ether oxygens (including phenoxy) is 1. The minimum atomic E-state index is -0.832. The fraction of sp³-hybridized carbons (Fsp3) is 0.263. The summed E-state index contributed by atoms with van der Waals surface area (Å²) in [5.41, 5.74) is 1.77. The van der Waals surface area contributed by atoms with E-state index < -0.39 is 12.0 Å². The molecule has 2 aromatic carbocycles. The monoisotopic (exact) mass is 394 g/mol. The van der Waals surface area contributed by atoms with Crippen molar-refractivity contribution in [3.63, 3.8) is 0 Å². The summed E-state index contributed by atoms with van der Waals surface area (Å²) in [7, 11) is 0. The quantitative estimate of drug-likeness (QED) is 0.743. The number of benzene rings is 2. The number of amides is 2. The average molecular weight is 395 g/mol. The van der Waals surface area contributed by atoms with Crippen molar-refractivity contribution >= 4 is 40.7 Å². The molecule has 2 aromatic rings. The Morgan fingerprint density at radius 1 is 1.12 bits per heavy atom. The van der Waals surface area contributed by atoms with Crippen LogP contribution in [0.25, 0.3) is 0 Å². The maximum atomic E-state index is 12.1. The van der Waals surface area contributed by atoms with Crippen LogP contribution in [0.15, 0.2) is 42.5 Å². The second kappa shape index (κ2) is 9.46. The van der Waals surface area contributed by atoms with E-state index >= 15 is 0 Å². The lowest BCUT2D eigenvalue weighted by Crippen LogP contribution is -2.40. The van der Waals surface area contributed by atoms with Gasteiger partial charge in [-0.25, -0.2) is 0 Å². The Balaban J connectivity index is 1.87. The first kappa shape index (κ1) is 20.1. The van der Waals surface area contributed by atoms with Crippen molar-refractivity contribution in [2.75, 3.05) is 11.9 Å². The van der Waals surface area contributed by atoms with Gasteiger partial charge in [-0.3, -0.25) is 9.59 Å². The summed E-state index contributed by atoms with van der Waals surface area (Å²) < 4.78 is 5.51. The van der Waals surface area contributed by atoms with Crippen LogP contribution in [-0.2, 0) is 16.0 Å². The molecule has 1 unspecified atom stereocenters. The zero-order chi connectivity index (χ0) is 19.1. The van der Waals surface area contributed by atoms with Crippen LogP contribution in [0.3, 0.4) is 0 Å². The number of halogens is 2. The second-order valence-electron chi connectivity index (χ2n) is 5.59. The number of aryl methyl sites for hydroxylation is 1. The third-order valence-electron chi connectivity index (χ3n) is 3.68. The summed E-state index contributed by atoms with van der Waals surface area (Å²) in [6, 6.07) is 12.4. The molecule has 26 heavy (non-hydrogen) atoms. The minimum absolute atomic E-state index is 0.159. The molecule has 2 N–H and O–H groups in total. The lowest BCUT2D eigenvalue weighted by Gasteiger charge is -2.16. The molecule has 0 saturated carbocycles. The van der Waals surface area contributed by atoms with E-state index in [4.69, 9.17) is 27.9 Å². The van der Waals surface area contributed by atoms with E-state index in [2.05, 4.69) is 10.6 Å². The summed E-state index contributed by atoms with van der Waals surface area (Å²) in [6.45, 7) is 3.41. The van der Waals surface area contributed by atoms with E-state index in [1.54, 1.807) is 25.1 Å². The third kappa shape index (κ3) is 5.38. The Kier molecular flexibility index (Phi) is 7.30. The van der Waals surface area contributed by atoms with Crippen LogP contribution in [0, 0.1) is 0 Å². The Labute approximate surface area is 162 Å². The number of para-hydroxylation sites is 1. The molecule has 0 aromatic heterocycles. The van der Waals surface area contributed by atoms with Gasteiger partial charge in [0.15, 0.2) is 6.10 Å². The Morgan fingerprint density at radius 2 is 1.85 bits per heavy atom. The van der Waals surface area contributed by atoms with Crippen LogP contribution in [-0.4, -0.2) is 24.5 Å². The molecule has 5 nitrogen and oxygen atoms in total. The van der Waals surface area contributed by atoms with E-state index in [0.717, 1.165) is 17.7 Å². The van der Waals surface area contributed by atoms with Crippen LogP contribution >= 0.6 is 23.2 Å². The molecule has 138 valence electrons. The van der Waals surface area contributed by atoms with Gasteiger partial charge in [0.05, 0.1) is 11.6 Å². The molecule has 0 heterocycles. The third-order valence-corrected chi connectivity index (χ3v) is 4.49. The number of hydrogen-bond donors (Lipinski definition) is 2. The van der Waals surface area contributed by atoms with E-state index in [1.807, 2.05) is 31.2 Å². The zero-order valence-electron chi connectivity index (χ0n) is 14.5. The van der Waals surface area contributed by atoms with Gasteiger partial charge in [-0.05, 0) is 37.1 Å². The maximum absolute atomic E-state index is 12.1. The van der Waals surface area contributed by atoms with Gasteiger partial charge in [0, 0.05) is 5.69 Å². The highest BCUT2D eigenvalue weighted by Gasteiger charge is 2.18. The molecule has 0 spiro atoms. The van der Waals surface area contributed by atoms with Gasteiger partial charge in [-0.15, -0.1) is 0 Å². The highest BCUT2D eigenvalue weighted by molar-refractivity contribution is 6.42. The number of carbonyl (C=O) groups is 2. The highest BCUT2D eigenvalue weighted by atomic mass is 35.5. The first-order chi connectivity index (χ1) is 12.4. The van der Waals surface area contributed by atoms with Gasteiger partial charge in [0.25, 0.3) is 5.91 Å². The van der Waals surface area contributed by atoms with Gasteiger partial charge in [0.2, 0.25) is 5.91 Å². The lowest BCUT2D eigenvalue weighted by molar-refractivity contribution is -0.129. The molecule has 7 heteroatoms. The summed E-state index contributed by atoms with van der Waals surface area (Å²) in [5.74, 6) is -0.435. The maximum Gasteiger partial charge on any atom is 0.261 e. The molecular weight excluding hydrogens is 375 g/mol. The van der Waals surface area contributed by atoms with Gasteiger partial charge in [-0.2, -0.15) is 0 Å². The molecule has 2 amide bonds. The van der Waals surface area contributed by atoms with Crippen LogP contribution in [0.4, 0.5) is 5.69 Å². The van der Waals surface area contributed by atoms with Crippen molar-refractivity contribution in [3.05, 3.63) is 58.1 Å². The van der Waals surface area contributed by atoms with E-state index in [9.17, 15) is 9.59 Å². The zero-order valence-corrected chi connectivity index (χ0v) is 16.0. The van der Waals surface area contributed by atoms with Crippen molar-refractivity contribution in [2.24, 2.45) is 0 Å². The van der Waals surface area contributed by atoms with Crippen molar-refractivity contribution < 1.29 is 14.3 Å². The minimum Gasteiger partial charge on any atom is -0.479 e. The Bertz CT molecular complexity index is 796. The fourth-order valence-corrected chi connectivity index (χ4v) is 2.61. The van der Waals surface area contributed by atoms with E-state index in [-0.39, 0.29) is 17.5 Å². The molecule has 0 saturated heterocycles. The smallest absolute Gasteiger partial charge is 0.261 e. The molecular formula is C19H20Cl2N2O3. The predicted molar refractivity (Wildman–Crippen MR) is 104 cm³/mol. The van der Waals surface area contributed by atoms with E-state index in [0.29, 0.717) is 10.8 Å². The molecule has 0 aliphatic rings. The van der Waals surface area contributed by atoms with Gasteiger partial charge in [-0.1, -0.05) is 54.4 Å². The highest BCUT2D eigenvalue weighted by Crippen LogP contribution is 2.32. The molecule has 0 aliphatic heterocycles. The van der Waals surface area contributed by atoms with Gasteiger partial charge < -0.3 is 15.4 Å². The first-order valence-electron chi connectivity index (χ1n) is 8.18. The average Bonchev–Trinajstić information content (AvgIpc) is 2.63. The topological polar surface area (TPSA) is 67.4 Å². The van der Waals surface area contributed by atoms with E-state index in [1.165, 1.54) is 0 Å². The second-order valence-corrected chi connectivity index (χ2v) is 6.37. The molecule has 0 bridgehead atoms. The van der Waals surface area contributed by atoms with Crippen molar-refractivity contribution in [1.29, 1.82) is 0 Å². The number of rotatable bonds is 7. The number of hydrogen-bond acceptors (Lipinski definition) is 3. The largest absolute Gasteiger partial charge is 0.479 e. The molecule has 1 atom stereocenters. The number of anilines is 1. The van der Waals surface area contributed by atoms with Crippen LogP contribution in [0.5, 0.6) is 5.75 Å². The summed E-state index contributed by atoms with van der Waals surface area (Å²) in [5, 5.41) is 5.91. The van der Waals surface area contributed by atoms with Crippen LogP contribution < -0.4 is 15.4 Å². The fourth-order valence-electron chi connectivity index (χ4n) is 2.28. The molecule has 0 fully saturated rings. The predicted octanol–water partition coefficient (Wildman–Crippen LogP) is 4.08. The standard InChI is InChI=1S/C19H20Cl2N2O3/c1-3-13-7-4-5-9-15(13)23-17(24)11-22-19(25)12(2)26-16-10-6-8-14(20)18(16)21/h4-10,12H,3,11H2,1-2H3,(H,22,25)(H,23,24). The van der Waals surface area contributed by atoms with Crippen molar-refractivity contribution in [3.8, 4) is 5.75 Å².